The number of aromatic nitrogens is 1. The summed E-state index contributed by atoms with van der Waals surface area (Å²) in [6.45, 7) is 2.92. The molecule has 0 saturated carbocycles. The van der Waals surface area contributed by atoms with Crippen molar-refractivity contribution in [3.05, 3.63) is 23.5 Å². The van der Waals surface area contributed by atoms with Crippen molar-refractivity contribution in [2.75, 3.05) is 13.1 Å². The Morgan fingerprint density at radius 2 is 2.05 bits per heavy atom. The van der Waals surface area contributed by atoms with Crippen LogP contribution in [0.1, 0.15) is 19.8 Å². The maximum absolute atomic E-state index is 12.1. The molecule has 0 aromatic carbocycles. The molecular weight excluding hydrogens is 302 g/mol. The SMILES string of the molecule is CC(NS(=O)(=O)c1ccc(Cl)nc1)C(=O)N1CCCC1. The molecule has 1 aromatic heterocycles. The second-order valence-electron chi connectivity index (χ2n) is 4.69. The number of rotatable bonds is 4. The van der Waals surface area contributed by atoms with Crippen LogP contribution in [0.5, 0.6) is 0 Å². The van der Waals surface area contributed by atoms with Gasteiger partial charge in [-0.2, -0.15) is 4.72 Å². The number of pyridine rings is 1. The molecule has 1 aliphatic heterocycles. The molecule has 2 heterocycles. The number of hydrogen-bond donors (Lipinski definition) is 1. The summed E-state index contributed by atoms with van der Waals surface area (Å²) in [5.41, 5.74) is 0. The molecule has 6 nitrogen and oxygen atoms in total. The number of sulfonamides is 1. The van der Waals surface area contributed by atoms with Crippen LogP contribution >= 0.6 is 11.6 Å². The van der Waals surface area contributed by atoms with Crippen LogP contribution in [0.15, 0.2) is 23.2 Å². The number of nitrogens with zero attached hydrogens (tertiary/aromatic N) is 2. The molecule has 0 radical (unpaired) electrons. The maximum Gasteiger partial charge on any atom is 0.242 e. The van der Waals surface area contributed by atoms with Crippen LogP contribution in [0.25, 0.3) is 0 Å². The molecule has 1 fully saturated rings. The zero-order valence-corrected chi connectivity index (χ0v) is 12.6. The number of halogens is 1. The summed E-state index contributed by atoms with van der Waals surface area (Å²) < 4.78 is 26.6. The fourth-order valence-corrected chi connectivity index (χ4v) is 3.34. The van der Waals surface area contributed by atoms with Gasteiger partial charge in [0.05, 0.1) is 6.04 Å². The molecule has 20 heavy (non-hydrogen) atoms. The van der Waals surface area contributed by atoms with E-state index >= 15 is 0 Å². The van der Waals surface area contributed by atoms with Crippen molar-refractivity contribution in [2.24, 2.45) is 0 Å². The summed E-state index contributed by atoms with van der Waals surface area (Å²) in [6.07, 6.45) is 3.09. The summed E-state index contributed by atoms with van der Waals surface area (Å²) in [5, 5.41) is 0.213. The van der Waals surface area contributed by atoms with Crippen molar-refractivity contribution in [2.45, 2.75) is 30.7 Å². The second-order valence-corrected chi connectivity index (χ2v) is 6.79. The van der Waals surface area contributed by atoms with Crippen LogP contribution in [0.3, 0.4) is 0 Å². The minimum absolute atomic E-state index is 0.0111. The Morgan fingerprint density at radius 1 is 1.40 bits per heavy atom. The zero-order valence-electron chi connectivity index (χ0n) is 11.0. The van der Waals surface area contributed by atoms with Gasteiger partial charge in [-0.15, -0.1) is 0 Å². The molecule has 0 bridgehead atoms. The van der Waals surface area contributed by atoms with E-state index < -0.39 is 16.1 Å². The van der Waals surface area contributed by atoms with Gasteiger partial charge in [0.1, 0.15) is 10.0 Å². The van der Waals surface area contributed by atoms with Gasteiger partial charge >= 0.3 is 0 Å². The first-order chi connectivity index (χ1) is 9.40. The quantitative estimate of drug-likeness (QED) is 0.841. The third-order valence-corrected chi connectivity index (χ3v) is 4.88. The Balaban J connectivity index is 2.07. The highest BCUT2D eigenvalue weighted by atomic mass is 35.5. The minimum Gasteiger partial charge on any atom is -0.341 e. The Kier molecular flexibility index (Phi) is 4.62. The molecule has 1 N–H and O–H groups in total. The first-order valence-electron chi connectivity index (χ1n) is 6.33. The van der Waals surface area contributed by atoms with Crippen LogP contribution in [0, 0.1) is 0 Å². The molecule has 0 spiro atoms. The summed E-state index contributed by atoms with van der Waals surface area (Å²) in [7, 11) is -3.77. The fourth-order valence-electron chi connectivity index (χ4n) is 2.08. The minimum atomic E-state index is -3.77. The van der Waals surface area contributed by atoms with E-state index in [0.29, 0.717) is 13.1 Å². The number of carbonyl (C=O) groups is 1. The molecule has 0 aliphatic carbocycles. The molecule has 110 valence electrons. The average molecular weight is 318 g/mol. The van der Waals surface area contributed by atoms with Gasteiger partial charge in [0.25, 0.3) is 0 Å². The number of likely N-dealkylation sites (tertiary alicyclic amines) is 1. The van der Waals surface area contributed by atoms with E-state index in [9.17, 15) is 13.2 Å². The molecule has 1 aromatic rings. The Labute approximate surface area is 123 Å². The number of carbonyl (C=O) groups excluding carboxylic acids is 1. The van der Waals surface area contributed by atoms with E-state index in [2.05, 4.69) is 9.71 Å². The summed E-state index contributed by atoms with van der Waals surface area (Å²) in [6, 6.07) is 1.95. The molecule has 1 atom stereocenters. The molecule has 1 aliphatic rings. The molecule has 1 saturated heterocycles. The van der Waals surface area contributed by atoms with Crippen LogP contribution in [0.2, 0.25) is 5.15 Å². The van der Waals surface area contributed by atoms with Crippen LogP contribution in [-0.4, -0.2) is 43.3 Å². The van der Waals surface area contributed by atoms with E-state index in [1.165, 1.54) is 12.1 Å². The van der Waals surface area contributed by atoms with Gasteiger partial charge in [0.15, 0.2) is 0 Å². The average Bonchev–Trinajstić information content (AvgIpc) is 2.91. The lowest BCUT2D eigenvalue weighted by atomic mass is 10.3. The lowest BCUT2D eigenvalue weighted by Gasteiger charge is -2.21. The van der Waals surface area contributed by atoms with E-state index in [-0.39, 0.29) is 16.0 Å². The summed E-state index contributed by atoms with van der Waals surface area (Å²) in [4.78, 5) is 17.5. The lowest BCUT2D eigenvalue weighted by Crippen LogP contribution is -2.45. The Hall–Kier alpha value is -1.18. The van der Waals surface area contributed by atoms with Crippen molar-refractivity contribution >= 4 is 27.5 Å². The van der Waals surface area contributed by atoms with Crippen molar-refractivity contribution in [3.63, 3.8) is 0 Å². The molecule has 2 rings (SSSR count). The molecule has 1 amide bonds. The summed E-state index contributed by atoms with van der Waals surface area (Å²) in [5.74, 6) is -0.201. The monoisotopic (exact) mass is 317 g/mol. The van der Waals surface area contributed by atoms with Crippen molar-refractivity contribution in [3.8, 4) is 0 Å². The van der Waals surface area contributed by atoms with E-state index in [1.54, 1.807) is 11.8 Å². The van der Waals surface area contributed by atoms with E-state index in [4.69, 9.17) is 11.6 Å². The highest BCUT2D eigenvalue weighted by Crippen LogP contribution is 2.13. The van der Waals surface area contributed by atoms with Gasteiger partial charge in [-0.05, 0) is 31.9 Å². The Bertz CT molecular complexity index is 582. The van der Waals surface area contributed by atoms with Crippen LogP contribution in [0.4, 0.5) is 0 Å². The topological polar surface area (TPSA) is 79.4 Å². The van der Waals surface area contributed by atoms with Gasteiger partial charge in [-0.25, -0.2) is 13.4 Å². The van der Waals surface area contributed by atoms with Gasteiger partial charge in [-0.1, -0.05) is 11.6 Å². The predicted octanol–water partition coefficient (Wildman–Crippen LogP) is 1.02. The number of amides is 1. The normalized spacial score (nSPS) is 17.2. The van der Waals surface area contributed by atoms with Crippen molar-refractivity contribution < 1.29 is 13.2 Å². The summed E-state index contributed by atoms with van der Waals surface area (Å²) >= 11 is 5.62. The standard InChI is InChI=1S/C12H16ClN3O3S/c1-9(12(17)16-6-2-3-7-16)15-20(18,19)10-4-5-11(13)14-8-10/h4-5,8-9,15H,2-3,6-7H2,1H3. The molecule has 8 heteroatoms. The third kappa shape index (κ3) is 3.47. The van der Waals surface area contributed by atoms with Gasteiger partial charge < -0.3 is 4.90 Å². The van der Waals surface area contributed by atoms with Crippen molar-refractivity contribution in [1.29, 1.82) is 0 Å². The highest BCUT2D eigenvalue weighted by molar-refractivity contribution is 7.89. The first kappa shape index (κ1) is 15.2. The van der Waals surface area contributed by atoms with Gasteiger partial charge in [0.2, 0.25) is 15.9 Å². The van der Waals surface area contributed by atoms with Gasteiger partial charge in [0, 0.05) is 19.3 Å². The first-order valence-corrected chi connectivity index (χ1v) is 8.19. The zero-order chi connectivity index (χ0) is 14.8. The lowest BCUT2D eigenvalue weighted by molar-refractivity contribution is -0.131. The highest BCUT2D eigenvalue weighted by Gasteiger charge is 2.27. The smallest absolute Gasteiger partial charge is 0.242 e. The van der Waals surface area contributed by atoms with Crippen LogP contribution in [-0.2, 0) is 14.8 Å². The largest absolute Gasteiger partial charge is 0.341 e. The predicted molar refractivity (Wildman–Crippen MR) is 74.8 cm³/mol. The van der Waals surface area contributed by atoms with Crippen LogP contribution < -0.4 is 4.72 Å². The Morgan fingerprint density at radius 3 is 2.60 bits per heavy atom. The number of nitrogens with one attached hydrogen (secondary N) is 1. The maximum atomic E-state index is 12.1. The third-order valence-electron chi connectivity index (χ3n) is 3.13. The molecular formula is C12H16ClN3O3S. The second kappa shape index (κ2) is 6.07. The number of hydrogen-bond acceptors (Lipinski definition) is 4. The van der Waals surface area contributed by atoms with Gasteiger partial charge in [-0.3, -0.25) is 4.79 Å². The fraction of sp³-hybridized carbons (Fsp3) is 0.500. The molecule has 1 unspecified atom stereocenters. The van der Waals surface area contributed by atoms with E-state index in [1.807, 2.05) is 0 Å². The van der Waals surface area contributed by atoms with Crippen molar-refractivity contribution in [1.82, 2.24) is 14.6 Å². The van der Waals surface area contributed by atoms with E-state index in [0.717, 1.165) is 19.0 Å².